The maximum absolute atomic E-state index is 10.8. The zero-order chi connectivity index (χ0) is 20.3. The smallest absolute Gasteiger partial charge is 0.0710 e. The predicted octanol–water partition coefficient (Wildman–Crippen LogP) is 3.52. The van der Waals surface area contributed by atoms with Gasteiger partial charge in [0.05, 0.1) is 18.2 Å². The lowest BCUT2D eigenvalue weighted by Gasteiger charge is -2.18. The molecule has 0 unspecified atom stereocenters. The SMILES string of the molecule is O[C@H]1CN(Cc2ccccc2Cn2cccn2)C[C@H]1Cc1ccnc2ccccc12. The number of hydrogen-bond donors (Lipinski definition) is 1. The van der Waals surface area contributed by atoms with Gasteiger partial charge >= 0.3 is 0 Å². The molecular weight excluding hydrogens is 372 g/mol. The van der Waals surface area contributed by atoms with E-state index < -0.39 is 0 Å². The Bertz CT molecular complexity index is 1120. The zero-order valence-electron chi connectivity index (χ0n) is 16.9. The first kappa shape index (κ1) is 19.0. The molecule has 1 aliphatic heterocycles. The Kier molecular flexibility index (Phi) is 5.30. The zero-order valence-corrected chi connectivity index (χ0v) is 16.9. The number of likely N-dealkylation sites (tertiary alicyclic amines) is 1. The number of hydrogen-bond acceptors (Lipinski definition) is 4. The van der Waals surface area contributed by atoms with E-state index >= 15 is 0 Å². The second-order valence-corrected chi connectivity index (χ2v) is 8.19. The van der Waals surface area contributed by atoms with Crippen molar-refractivity contribution in [3.05, 3.63) is 95.9 Å². The average Bonchev–Trinajstić information content (AvgIpc) is 3.39. The number of aliphatic hydroxyl groups is 1. The fourth-order valence-electron chi connectivity index (χ4n) is 4.56. The third kappa shape index (κ3) is 3.99. The summed E-state index contributed by atoms with van der Waals surface area (Å²) in [7, 11) is 0. The van der Waals surface area contributed by atoms with E-state index in [-0.39, 0.29) is 12.0 Å². The van der Waals surface area contributed by atoms with E-state index in [1.807, 2.05) is 41.5 Å². The summed E-state index contributed by atoms with van der Waals surface area (Å²) in [4.78, 5) is 6.84. The minimum Gasteiger partial charge on any atom is -0.391 e. The van der Waals surface area contributed by atoms with E-state index in [0.29, 0.717) is 6.54 Å². The highest BCUT2D eigenvalue weighted by Gasteiger charge is 2.31. The summed E-state index contributed by atoms with van der Waals surface area (Å²) >= 11 is 0. The van der Waals surface area contributed by atoms with Crippen molar-refractivity contribution in [3.8, 4) is 0 Å². The first-order valence-electron chi connectivity index (χ1n) is 10.5. The first-order chi connectivity index (χ1) is 14.8. The van der Waals surface area contributed by atoms with Crippen LogP contribution in [-0.2, 0) is 19.5 Å². The summed E-state index contributed by atoms with van der Waals surface area (Å²) < 4.78 is 1.95. The van der Waals surface area contributed by atoms with Crippen LogP contribution in [0.4, 0.5) is 0 Å². The van der Waals surface area contributed by atoms with Crippen molar-refractivity contribution in [3.63, 3.8) is 0 Å². The van der Waals surface area contributed by atoms with Crippen LogP contribution in [0.15, 0.2) is 79.3 Å². The minimum absolute atomic E-state index is 0.231. The van der Waals surface area contributed by atoms with E-state index in [1.54, 1.807) is 0 Å². The molecule has 0 radical (unpaired) electrons. The van der Waals surface area contributed by atoms with Crippen molar-refractivity contribution in [2.24, 2.45) is 5.92 Å². The molecule has 0 aliphatic carbocycles. The molecule has 0 bridgehead atoms. The number of benzene rings is 2. The summed E-state index contributed by atoms with van der Waals surface area (Å²) in [6.45, 7) is 3.23. The number of rotatable bonds is 6. The highest BCUT2D eigenvalue weighted by molar-refractivity contribution is 5.81. The summed E-state index contributed by atoms with van der Waals surface area (Å²) in [5.41, 5.74) is 4.87. The average molecular weight is 399 g/mol. The maximum atomic E-state index is 10.8. The quantitative estimate of drug-likeness (QED) is 0.540. The van der Waals surface area contributed by atoms with Crippen molar-refractivity contribution in [2.75, 3.05) is 13.1 Å². The molecule has 5 nitrogen and oxygen atoms in total. The molecule has 2 aromatic heterocycles. The van der Waals surface area contributed by atoms with Crippen molar-refractivity contribution in [2.45, 2.75) is 25.6 Å². The molecule has 1 saturated heterocycles. The third-order valence-corrected chi connectivity index (χ3v) is 6.11. The predicted molar refractivity (Wildman–Crippen MR) is 118 cm³/mol. The highest BCUT2D eigenvalue weighted by Crippen LogP contribution is 2.27. The number of β-amino-alcohol motifs (C(OH)–C–C–N with tert-alkyl or cyclic N) is 1. The molecule has 1 fully saturated rings. The van der Waals surface area contributed by atoms with E-state index in [2.05, 4.69) is 57.4 Å². The number of para-hydroxylation sites is 1. The van der Waals surface area contributed by atoms with Crippen LogP contribution in [-0.4, -0.2) is 44.0 Å². The molecule has 0 amide bonds. The second kappa shape index (κ2) is 8.38. The lowest BCUT2D eigenvalue weighted by atomic mass is 9.94. The van der Waals surface area contributed by atoms with Crippen LogP contribution in [0.25, 0.3) is 10.9 Å². The van der Waals surface area contributed by atoms with Gasteiger partial charge in [-0.25, -0.2) is 0 Å². The van der Waals surface area contributed by atoms with Gasteiger partial charge in [0, 0.05) is 49.5 Å². The fourth-order valence-corrected chi connectivity index (χ4v) is 4.56. The van der Waals surface area contributed by atoms with Crippen LogP contribution < -0.4 is 0 Å². The molecule has 2 aromatic carbocycles. The molecule has 1 N–H and O–H groups in total. The number of pyridine rings is 1. The molecule has 30 heavy (non-hydrogen) atoms. The van der Waals surface area contributed by atoms with Crippen LogP contribution >= 0.6 is 0 Å². The van der Waals surface area contributed by atoms with E-state index in [9.17, 15) is 5.11 Å². The fraction of sp³-hybridized carbons (Fsp3) is 0.280. The molecule has 0 saturated carbocycles. The van der Waals surface area contributed by atoms with Crippen molar-refractivity contribution >= 4 is 10.9 Å². The Labute approximate surface area is 176 Å². The number of nitrogens with zero attached hydrogens (tertiary/aromatic N) is 4. The maximum Gasteiger partial charge on any atom is 0.0710 e. The van der Waals surface area contributed by atoms with Crippen molar-refractivity contribution in [1.29, 1.82) is 0 Å². The highest BCUT2D eigenvalue weighted by atomic mass is 16.3. The summed E-state index contributed by atoms with van der Waals surface area (Å²) in [5.74, 6) is 0.231. The lowest BCUT2D eigenvalue weighted by molar-refractivity contribution is 0.141. The minimum atomic E-state index is -0.310. The van der Waals surface area contributed by atoms with Crippen molar-refractivity contribution in [1.82, 2.24) is 19.7 Å². The van der Waals surface area contributed by atoms with Crippen LogP contribution in [0.1, 0.15) is 16.7 Å². The number of aliphatic hydroxyl groups excluding tert-OH is 1. The topological polar surface area (TPSA) is 54.2 Å². The standard InChI is InChI=1S/C25H26N4O/c30-25-18-28(15-20-6-1-2-7-21(20)17-29-13-5-11-27-29)16-22(25)14-19-10-12-26-24-9-4-3-8-23(19)24/h1-13,22,25,30H,14-18H2/t22-,25+/m1/s1. The Hall–Kier alpha value is -3.02. The first-order valence-corrected chi connectivity index (χ1v) is 10.5. The molecule has 5 heteroatoms. The van der Waals surface area contributed by atoms with Gasteiger partial charge in [0.1, 0.15) is 0 Å². The molecular formula is C25H26N4O. The van der Waals surface area contributed by atoms with Gasteiger partial charge in [0.15, 0.2) is 0 Å². The molecule has 5 rings (SSSR count). The molecule has 2 atom stereocenters. The van der Waals surface area contributed by atoms with Gasteiger partial charge < -0.3 is 5.11 Å². The summed E-state index contributed by atoms with van der Waals surface area (Å²) in [6.07, 6.45) is 6.24. The van der Waals surface area contributed by atoms with Crippen molar-refractivity contribution < 1.29 is 5.11 Å². The Morgan fingerprint density at radius 1 is 0.833 bits per heavy atom. The van der Waals surface area contributed by atoms with Gasteiger partial charge in [-0.15, -0.1) is 0 Å². The summed E-state index contributed by atoms with van der Waals surface area (Å²) in [6, 6.07) is 20.8. The van der Waals surface area contributed by atoms with Crippen LogP contribution in [0.3, 0.4) is 0 Å². The molecule has 4 aromatic rings. The number of aromatic nitrogens is 3. The molecule has 1 aliphatic rings. The monoisotopic (exact) mass is 398 g/mol. The van der Waals surface area contributed by atoms with E-state index in [4.69, 9.17) is 0 Å². The Morgan fingerprint density at radius 2 is 1.63 bits per heavy atom. The lowest BCUT2D eigenvalue weighted by Crippen LogP contribution is -2.22. The van der Waals surface area contributed by atoms with Gasteiger partial charge in [0.25, 0.3) is 0 Å². The largest absolute Gasteiger partial charge is 0.391 e. The van der Waals surface area contributed by atoms with Gasteiger partial charge in [-0.3, -0.25) is 14.6 Å². The molecule has 152 valence electrons. The van der Waals surface area contributed by atoms with Crippen LogP contribution in [0.2, 0.25) is 0 Å². The Morgan fingerprint density at radius 3 is 2.47 bits per heavy atom. The summed E-state index contributed by atoms with van der Waals surface area (Å²) in [5, 5.41) is 16.3. The van der Waals surface area contributed by atoms with E-state index in [0.717, 1.165) is 31.6 Å². The van der Waals surface area contributed by atoms with Gasteiger partial charge in [-0.2, -0.15) is 5.10 Å². The van der Waals surface area contributed by atoms with Gasteiger partial charge in [0.2, 0.25) is 0 Å². The Balaban J connectivity index is 1.30. The third-order valence-electron chi connectivity index (χ3n) is 6.11. The van der Waals surface area contributed by atoms with Crippen LogP contribution in [0.5, 0.6) is 0 Å². The normalized spacial score (nSPS) is 19.5. The second-order valence-electron chi connectivity index (χ2n) is 8.19. The van der Waals surface area contributed by atoms with Gasteiger partial charge in [-0.05, 0) is 41.3 Å². The van der Waals surface area contributed by atoms with E-state index in [1.165, 1.54) is 22.1 Å². The molecule has 3 heterocycles. The van der Waals surface area contributed by atoms with Crippen LogP contribution in [0, 0.1) is 5.92 Å². The number of fused-ring (bicyclic) bond motifs is 1. The molecule has 0 spiro atoms. The van der Waals surface area contributed by atoms with Gasteiger partial charge in [-0.1, -0.05) is 42.5 Å².